The Labute approximate surface area is 175 Å². The van der Waals surface area contributed by atoms with Gasteiger partial charge in [-0.1, -0.05) is 57.4 Å². The Kier molecular flexibility index (Phi) is 10.1. The van der Waals surface area contributed by atoms with Crippen LogP contribution in [0.3, 0.4) is 0 Å². The lowest BCUT2D eigenvalue weighted by Gasteiger charge is -2.14. The summed E-state index contributed by atoms with van der Waals surface area (Å²) in [6, 6.07) is 0. The van der Waals surface area contributed by atoms with Crippen molar-refractivity contribution >= 4 is 51.2 Å². The molecule has 0 aliphatic heterocycles. The van der Waals surface area contributed by atoms with Gasteiger partial charge in [-0.05, 0) is 53.1 Å². The molecule has 0 saturated heterocycles. The molecule has 0 unspecified atom stereocenters. The molecule has 1 rings (SSSR count). The van der Waals surface area contributed by atoms with Crippen LogP contribution < -0.4 is 17.1 Å². The highest BCUT2D eigenvalue weighted by Crippen LogP contribution is 1.97. The van der Waals surface area contributed by atoms with Gasteiger partial charge in [0.2, 0.25) is 0 Å². The minimum atomic E-state index is -0.600. The minimum absolute atomic E-state index is 0.168. The molecule has 0 atom stereocenters. The van der Waals surface area contributed by atoms with Gasteiger partial charge in [0.25, 0.3) is 0 Å². The van der Waals surface area contributed by atoms with E-state index in [9.17, 15) is 14.4 Å². The summed E-state index contributed by atoms with van der Waals surface area (Å²) >= 11 is 15.6. The molecule has 0 bridgehead atoms. The van der Waals surface area contributed by atoms with Crippen LogP contribution in [0.25, 0.3) is 0 Å². The number of thiocarbonyl (C=S) groups is 3. The lowest BCUT2D eigenvalue weighted by molar-refractivity contribution is 0.456. The molecule has 0 fully saturated rings. The monoisotopic (exact) mass is 429 g/mol. The third-order valence-electron chi connectivity index (χ3n) is 4.41. The number of hydrogen-bond donors (Lipinski definition) is 0. The number of hydrogen-bond acceptors (Lipinski definition) is 6. The van der Waals surface area contributed by atoms with Crippen LogP contribution in [-0.4, -0.2) is 28.3 Å². The van der Waals surface area contributed by atoms with Gasteiger partial charge < -0.3 is 0 Å². The van der Waals surface area contributed by atoms with Crippen LogP contribution in [0.1, 0.15) is 59.3 Å². The SMILES string of the molecule is CCC(=S)CCn1c(=O)n(CCC(=S)CC)c(=O)n(CCC(=S)CC)c1=O. The van der Waals surface area contributed by atoms with Crippen molar-refractivity contribution in [1.29, 1.82) is 0 Å². The van der Waals surface area contributed by atoms with E-state index in [-0.39, 0.29) is 19.6 Å². The normalized spacial score (nSPS) is 10.8. The molecular formula is C18H27N3O3S3. The maximum absolute atomic E-state index is 12.8. The van der Waals surface area contributed by atoms with Crippen LogP contribution in [0.5, 0.6) is 0 Å². The van der Waals surface area contributed by atoms with Gasteiger partial charge in [-0.2, -0.15) is 0 Å². The fourth-order valence-corrected chi connectivity index (χ4v) is 2.77. The average Bonchev–Trinajstić information content (AvgIpc) is 2.66. The molecule has 6 nitrogen and oxygen atoms in total. The van der Waals surface area contributed by atoms with Crippen molar-refractivity contribution in [2.24, 2.45) is 0 Å². The second kappa shape index (κ2) is 11.5. The lowest BCUT2D eigenvalue weighted by Crippen LogP contribution is -2.54. The Morgan fingerprint density at radius 2 is 0.815 bits per heavy atom. The lowest BCUT2D eigenvalue weighted by atomic mass is 10.2. The first kappa shape index (κ1) is 23.7. The van der Waals surface area contributed by atoms with E-state index in [0.717, 1.165) is 28.3 Å². The Bertz CT molecular complexity index is 736. The Morgan fingerprint density at radius 1 is 0.593 bits per heavy atom. The standard InChI is InChI=1S/C18H27N3O3S3/c1-4-13(25)7-10-19-16(22)20(11-8-14(26)5-2)18(24)21(17(19)23)12-9-15(27)6-3/h4-12H2,1-3H3. The Balaban J connectivity index is 3.38. The summed E-state index contributed by atoms with van der Waals surface area (Å²) in [6.07, 6.45) is 3.44. The van der Waals surface area contributed by atoms with Crippen LogP contribution in [0, 0.1) is 0 Å². The van der Waals surface area contributed by atoms with Crippen molar-refractivity contribution in [2.75, 3.05) is 0 Å². The molecule has 1 aromatic heterocycles. The molecule has 1 heterocycles. The first-order valence-corrected chi connectivity index (χ1v) is 10.5. The first-order chi connectivity index (χ1) is 12.8. The maximum Gasteiger partial charge on any atom is 0.336 e. The number of nitrogens with zero attached hydrogens (tertiary/aromatic N) is 3. The maximum atomic E-state index is 12.8. The number of aromatic nitrogens is 3. The average molecular weight is 430 g/mol. The highest BCUT2D eigenvalue weighted by molar-refractivity contribution is 7.80. The smallest absolute Gasteiger partial charge is 0.247 e. The summed E-state index contributed by atoms with van der Waals surface area (Å²) < 4.78 is 3.31. The van der Waals surface area contributed by atoms with E-state index in [2.05, 4.69) is 0 Å². The van der Waals surface area contributed by atoms with E-state index < -0.39 is 17.1 Å². The topological polar surface area (TPSA) is 66.0 Å². The van der Waals surface area contributed by atoms with E-state index in [0.29, 0.717) is 38.5 Å². The van der Waals surface area contributed by atoms with Gasteiger partial charge in [-0.25, -0.2) is 28.1 Å². The molecule has 150 valence electrons. The molecule has 0 amide bonds. The van der Waals surface area contributed by atoms with Crippen molar-refractivity contribution in [3.05, 3.63) is 31.5 Å². The van der Waals surface area contributed by atoms with Crippen LogP contribution in [0.15, 0.2) is 14.4 Å². The Hall–Kier alpha value is -1.32. The zero-order valence-corrected chi connectivity index (χ0v) is 18.6. The van der Waals surface area contributed by atoms with Crippen LogP contribution in [0.2, 0.25) is 0 Å². The van der Waals surface area contributed by atoms with E-state index in [4.69, 9.17) is 36.7 Å². The van der Waals surface area contributed by atoms with Crippen molar-refractivity contribution in [1.82, 2.24) is 13.7 Å². The fourth-order valence-electron chi connectivity index (χ4n) is 2.50. The summed E-state index contributed by atoms with van der Waals surface area (Å²) in [5.74, 6) is 0. The molecule has 27 heavy (non-hydrogen) atoms. The van der Waals surface area contributed by atoms with Crippen molar-refractivity contribution < 1.29 is 0 Å². The number of rotatable bonds is 12. The third kappa shape index (κ3) is 6.65. The van der Waals surface area contributed by atoms with Crippen molar-refractivity contribution in [3.8, 4) is 0 Å². The summed E-state index contributed by atoms with van der Waals surface area (Å²) in [4.78, 5) is 40.6. The van der Waals surface area contributed by atoms with Crippen molar-refractivity contribution in [3.63, 3.8) is 0 Å². The molecule has 1 aromatic rings. The highest BCUT2D eigenvalue weighted by Gasteiger charge is 2.16. The van der Waals surface area contributed by atoms with Gasteiger partial charge in [0.1, 0.15) is 0 Å². The van der Waals surface area contributed by atoms with E-state index >= 15 is 0 Å². The van der Waals surface area contributed by atoms with Gasteiger partial charge in [-0.3, -0.25) is 0 Å². The molecular weight excluding hydrogens is 402 g/mol. The Morgan fingerprint density at radius 3 is 1.00 bits per heavy atom. The van der Waals surface area contributed by atoms with Crippen LogP contribution in [0.4, 0.5) is 0 Å². The molecule has 9 heteroatoms. The quantitative estimate of drug-likeness (QED) is 0.476. The molecule has 0 radical (unpaired) electrons. The largest absolute Gasteiger partial charge is 0.336 e. The second-order valence-corrected chi connectivity index (χ2v) is 7.96. The summed E-state index contributed by atoms with van der Waals surface area (Å²) in [7, 11) is 0. The van der Waals surface area contributed by atoms with E-state index in [1.165, 1.54) is 0 Å². The van der Waals surface area contributed by atoms with E-state index in [1.54, 1.807) is 0 Å². The molecule has 0 aliphatic rings. The second-order valence-electron chi connectivity index (χ2n) is 6.23. The van der Waals surface area contributed by atoms with E-state index in [1.807, 2.05) is 20.8 Å². The zero-order chi connectivity index (χ0) is 20.6. The van der Waals surface area contributed by atoms with Gasteiger partial charge in [-0.15, -0.1) is 0 Å². The predicted octanol–water partition coefficient (Wildman–Crippen LogP) is 2.68. The summed E-state index contributed by atoms with van der Waals surface area (Å²) in [5, 5.41) is 0. The first-order valence-electron chi connectivity index (χ1n) is 9.26. The summed E-state index contributed by atoms with van der Waals surface area (Å²) in [6.45, 7) is 6.30. The fraction of sp³-hybridized carbons (Fsp3) is 0.667. The van der Waals surface area contributed by atoms with Gasteiger partial charge in [0, 0.05) is 19.6 Å². The molecule has 0 N–H and O–H groups in total. The molecule has 0 saturated carbocycles. The van der Waals surface area contributed by atoms with Gasteiger partial charge in [0.05, 0.1) is 0 Å². The zero-order valence-electron chi connectivity index (χ0n) is 16.2. The van der Waals surface area contributed by atoms with Gasteiger partial charge >= 0.3 is 17.1 Å². The minimum Gasteiger partial charge on any atom is -0.247 e. The van der Waals surface area contributed by atoms with Crippen LogP contribution >= 0.6 is 36.7 Å². The highest BCUT2D eigenvalue weighted by atomic mass is 32.1. The van der Waals surface area contributed by atoms with Gasteiger partial charge in [0.15, 0.2) is 0 Å². The van der Waals surface area contributed by atoms with Crippen LogP contribution in [-0.2, 0) is 19.6 Å². The molecule has 0 spiro atoms. The van der Waals surface area contributed by atoms with Crippen molar-refractivity contribution in [2.45, 2.75) is 78.9 Å². The third-order valence-corrected chi connectivity index (χ3v) is 5.89. The summed E-state index contributed by atoms with van der Waals surface area (Å²) in [5.41, 5.74) is -1.80. The molecule has 0 aromatic carbocycles. The molecule has 0 aliphatic carbocycles. The predicted molar refractivity (Wildman–Crippen MR) is 122 cm³/mol.